The van der Waals surface area contributed by atoms with Crippen molar-refractivity contribution in [2.45, 2.75) is 44.5 Å². The number of hydrogen-bond acceptors (Lipinski definition) is 4. The van der Waals surface area contributed by atoms with Gasteiger partial charge >= 0.3 is 5.97 Å². The van der Waals surface area contributed by atoms with E-state index in [2.05, 4.69) is 40.3 Å². The molecule has 0 bridgehead atoms. The van der Waals surface area contributed by atoms with E-state index in [-0.39, 0.29) is 28.8 Å². The van der Waals surface area contributed by atoms with E-state index in [1.54, 1.807) is 0 Å². The van der Waals surface area contributed by atoms with Crippen LogP contribution < -0.4 is 0 Å². The summed E-state index contributed by atoms with van der Waals surface area (Å²) in [5.41, 5.74) is 0. The SMILES string of the molecule is CC(C)C(C)(C)[SiH2]OCC[C@H]1C(=O)N(CC(=O)O)[C@@H]1S. The summed E-state index contributed by atoms with van der Waals surface area (Å²) in [6.45, 7) is 9.12. The minimum absolute atomic E-state index is 0.124. The molecule has 0 unspecified atom stereocenters. The van der Waals surface area contributed by atoms with E-state index in [4.69, 9.17) is 9.53 Å². The summed E-state index contributed by atoms with van der Waals surface area (Å²) in [4.78, 5) is 23.6. The Morgan fingerprint density at radius 1 is 1.55 bits per heavy atom. The lowest BCUT2D eigenvalue weighted by Gasteiger charge is -2.43. The van der Waals surface area contributed by atoms with Gasteiger partial charge in [-0.15, -0.1) is 0 Å². The molecule has 0 spiro atoms. The van der Waals surface area contributed by atoms with Gasteiger partial charge in [-0.1, -0.05) is 27.7 Å². The Labute approximate surface area is 128 Å². The van der Waals surface area contributed by atoms with Crippen molar-refractivity contribution in [3.63, 3.8) is 0 Å². The second-order valence-corrected chi connectivity index (χ2v) is 9.41. The molecule has 0 aromatic carbocycles. The minimum Gasteiger partial charge on any atom is -0.480 e. The number of thiol groups is 1. The zero-order chi connectivity index (χ0) is 15.5. The number of β-lactam (4-membered cyclic amide) rings is 1. The molecule has 5 nitrogen and oxygen atoms in total. The number of carbonyl (C=O) groups excluding carboxylic acids is 1. The number of amides is 1. The zero-order valence-electron chi connectivity index (χ0n) is 12.6. The van der Waals surface area contributed by atoms with Gasteiger partial charge in [-0.2, -0.15) is 12.6 Å². The molecule has 1 fully saturated rings. The first-order chi connectivity index (χ1) is 9.16. The third-order valence-electron chi connectivity index (χ3n) is 4.20. The molecular formula is C13H25NO4SSi. The van der Waals surface area contributed by atoms with Crippen LogP contribution in [-0.2, 0) is 14.0 Å². The van der Waals surface area contributed by atoms with E-state index in [1.807, 2.05) is 0 Å². The summed E-state index contributed by atoms with van der Waals surface area (Å²) in [6.07, 6.45) is 0.629. The van der Waals surface area contributed by atoms with Crippen LogP contribution in [0.2, 0.25) is 5.04 Å². The lowest BCUT2D eigenvalue weighted by molar-refractivity contribution is -0.158. The molecule has 1 N–H and O–H groups in total. The average Bonchev–Trinajstić information content (AvgIpc) is 2.35. The van der Waals surface area contributed by atoms with Crippen LogP contribution in [0.5, 0.6) is 0 Å². The van der Waals surface area contributed by atoms with E-state index in [1.165, 1.54) is 4.90 Å². The second-order valence-electron chi connectivity index (χ2n) is 6.36. The quantitative estimate of drug-likeness (QED) is 0.305. The van der Waals surface area contributed by atoms with Crippen molar-refractivity contribution in [1.82, 2.24) is 4.90 Å². The Morgan fingerprint density at radius 3 is 2.60 bits per heavy atom. The number of rotatable bonds is 8. The van der Waals surface area contributed by atoms with Crippen molar-refractivity contribution in [3.8, 4) is 0 Å². The number of carboxylic acids is 1. The Kier molecular flexibility index (Phi) is 6.09. The molecule has 1 amide bonds. The molecule has 0 radical (unpaired) electrons. The molecule has 0 aromatic rings. The maximum absolute atomic E-state index is 11.8. The highest BCUT2D eigenvalue weighted by molar-refractivity contribution is 7.81. The van der Waals surface area contributed by atoms with Crippen molar-refractivity contribution in [2.75, 3.05) is 13.2 Å². The van der Waals surface area contributed by atoms with Crippen LogP contribution in [0.1, 0.15) is 34.1 Å². The average molecular weight is 319 g/mol. The largest absolute Gasteiger partial charge is 0.480 e. The van der Waals surface area contributed by atoms with Gasteiger partial charge in [0.05, 0.1) is 11.3 Å². The molecule has 1 saturated heterocycles. The molecule has 0 aliphatic carbocycles. The molecule has 0 saturated carbocycles. The molecule has 7 heteroatoms. The molecule has 116 valence electrons. The molecular weight excluding hydrogens is 294 g/mol. The fraction of sp³-hybridized carbons (Fsp3) is 0.846. The van der Waals surface area contributed by atoms with Crippen LogP contribution in [0.3, 0.4) is 0 Å². The van der Waals surface area contributed by atoms with Crippen molar-refractivity contribution < 1.29 is 19.1 Å². The van der Waals surface area contributed by atoms with Gasteiger partial charge < -0.3 is 14.4 Å². The maximum Gasteiger partial charge on any atom is 0.323 e. The maximum atomic E-state index is 11.8. The lowest BCUT2D eigenvalue weighted by atomic mass is 9.95. The van der Waals surface area contributed by atoms with Crippen molar-refractivity contribution in [1.29, 1.82) is 0 Å². The van der Waals surface area contributed by atoms with Crippen LogP contribution in [0.25, 0.3) is 0 Å². The van der Waals surface area contributed by atoms with Gasteiger partial charge in [-0.05, 0) is 17.4 Å². The van der Waals surface area contributed by atoms with E-state index < -0.39 is 15.7 Å². The number of hydrogen-bond donors (Lipinski definition) is 2. The highest BCUT2D eigenvalue weighted by Crippen LogP contribution is 2.34. The Bertz CT molecular complexity index is 375. The first kappa shape index (κ1) is 17.5. The highest BCUT2D eigenvalue weighted by atomic mass is 32.1. The van der Waals surface area contributed by atoms with Gasteiger partial charge in [0, 0.05) is 6.61 Å². The predicted octanol–water partition coefficient (Wildman–Crippen LogP) is 1.13. The molecule has 1 aliphatic rings. The van der Waals surface area contributed by atoms with Gasteiger partial charge in [0.2, 0.25) is 5.91 Å². The summed E-state index contributed by atoms with van der Waals surface area (Å²) >= 11 is 4.30. The van der Waals surface area contributed by atoms with E-state index in [0.29, 0.717) is 18.9 Å². The molecule has 1 heterocycles. The third-order valence-corrected chi connectivity index (χ3v) is 6.89. The summed E-state index contributed by atoms with van der Waals surface area (Å²) in [7, 11) is -0.644. The van der Waals surface area contributed by atoms with Crippen LogP contribution in [0.15, 0.2) is 0 Å². The van der Waals surface area contributed by atoms with Crippen LogP contribution >= 0.6 is 12.6 Å². The predicted molar refractivity (Wildman–Crippen MR) is 83.6 cm³/mol. The van der Waals surface area contributed by atoms with Crippen molar-refractivity contribution in [2.24, 2.45) is 11.8 Å². The highest BCUT2D eigenvalue weighted by Gasteiger charge is 2.45. The molecule has 1 aliphatic heterocycles. The van der Waals surface area contributed by atoms with Gasteiger partial charge in [-0.3, -0.25) is 9.59 Å². The Balaban J connectivity index is 2.28. The van der Waals surface area contributed by atoms with Crippen LogP contribution in [-0.4, -0.2) is 50.2 Å². The topological polar surface area (TPSA) is 66.8 Å². The normalized spacial score (nSPS) is 23.7. The fourth-order valence-electron chi connectivity index (χ4n) is 1.91. The zero-order valence-corrected chi connectivity index (χ0v) is 14.9. The number of carboxylic acid groups (broad SMARTS) is 1. The lowest BCUT2D eigenvalue weighted by Crippen LogP contribution is -2.59. The van der Waals surface area contributed by atoms with Crippen molar-refractivity contribution >= 4 is 34.3 Å². The van der Waals surface area contributed by atoms with Gasteiger partial charge in [0.25, 0.3) is 0 Å². The first-order valence-electron chi connectivity index (χ1n) is 6.95. The van der Waals surface area contributed by atoms with Crippen LogP contribution in [0.4, 0.5) is 0 Å². The smallest absolute Gasteiger partial charge is 0.323 e. The third kappa shape index (κ3) is 4.23. The van der Waals surface area contributed by atoms with Crippen LogP contribution in [0, 0.1) is 11.8 Å². The monoisotopic (exact) mass is 319 g/mol. The summed E-state index contributed by atoms with van der Waals surface area (Å²) < 4.78 is 5.80. The Hall–Kier alpha value is -0.533. The number of likely N-dealkylation sites (tertiary alicyclic amines) is 1. The van der Waals surface area contributed by atoms with E-state index in [9.17, 15) is 9.59 Å². The fourth-order valence-corrected chi connectivity index (χ4v) is 3.55. The van der Waals surface area contributed by atoms with Gasteiger partial charge in [-0.25, -0.2) is 0 Å². The molecule has 0 aromatic heterocycles. The van der Waals surface area contributed by atoms with E-state index >= 15 is 0 Å². The number of aliphatic carboxylic acids is 1. The van der Waals surface area contributed by atoms with Gasteiger partial charge in [0.1, 0.15) is 6.54 Å². The number of nitrogens with zero attached hydrogens (tertiary/aromatic N) is 1. The number of carbonyl (C=O) groups is 2. The molecule has 1 rings (SSSR count). The summed E-state index contributed by atoms with van der Waals surface area (Å²) in [5.74, 6) is -0.740. The summed E-state index contributed by atoms with van der Waals surface area (Å²) in [5, 5.41) is 8.64. The standard InChI is InChI=1S/C13H25NO4SSi/c1-8(2)13(3,4)20-18-6-5-9-11(17)14(12(9)19)7-10(15)16/h8-9,12,19H,5-7,20H2,1-4H3,(H,15,16)/t9-,12+/m0/s1. The van der Waals surface area contributed by atoms with E-state index in [0.717, 1.165) is 0 Å². The van der Waals surface area contributed by atoms with Crippen molar-refractivity contribution in [3.05, 3.63) is 0 Å². The minimum atomic E-state index is -1.00. The van der Waals surface area contributed by atoms with Gasteiger partial charge in [0.15, 0.2) is 9.76 Å². The Morgan fingerprint density at radius 2 is 2.15 bits per heavy atom. The summed E-state index contributed by atoms with van der Waals surface area (Å²) in [6, 6.07) is 0. The second kappa shape index (κ2) is 6.95. The molecule has 20 heavy (non-hydrogen) atoms. The first-order valence-corrected chi connectivity index (χ1v) is 8.75. The molecule has 2 atom stereocenters.